The van der Waals surface area contributed by atoms with Crippen molar-refractivity contribution in [3.8, 4) is 5.75 Å². The van der Waals surface area contributed by atoms with Gasteiger partial charge in [-0.1, -0.05) is 29.5 Å². The third-order valence-electron chi connectivity index (χ3n) is 3.93. The molecule has 3 rings (SSSR count). The Labute approximate surface area is 187 Å². The molecule has 0 spiro atoms. The van der Waals surface area contributed by atoms with E-state index in [0.717, 1.165) is 22.6 Å². The van der Waals surface area contributed by atoms with Gasteiger partial charge in [0.25, 0.3) is 5.91 Å². The maximum absolute atomic E-state index is 13.2. The van der Waals surface area contributed by atoms with Crippen LogP contribution >= 0.6 is 23.1 Å². The van der Waals surface area contributed by atoms with Gasteiger partial charge < -0.3 is 15.4 Å². The number of thioether (sulfide) groups is 1. The highest BCUT2D eigenvalue weighted by Gasteiger charge is 2.14. The molecule has 3 aromatic rings. The van der Waals surface area contributed by atoms with Gasteiger partial charge in [-0.3, -0.25) is 9.59 Å². The van der Waals surface area contributed by atoms with Crippen molar-refractivity contribution >= 4 is 40.6 Å². The fourth-order valence-electron chi connectivity index (χ4n) is 2.51. The number of benzene rings is 2. The summed E-state index contributed by atoms with van der Waals surface area (Å²) in [4.78, 5) is 24.2. The Morgan fingerprint density at radius 1 is 1.16 bits per heavy atom. The molecule has 0 aliphatic rings. The van der Waals surface area contributed by atoms with Crippen LogP contribution in [0.4, 0.5) is 10.1 Å². The Bertz CT molecular complexity index is 1030. The summed E-state index contributed by atoms with van der Waals surface area (Å²) in [5.74, 6) is 0.546. The Balaban J connectivity index is 1.39. The van der Waals surface area contributed by atoms with Gasteiger partial charge in [-0.15, -0.1) is 22.0 Å². The molecule has 0 radical (unpaired) electrons. The van der Waals surface area contributed by atoms with Crippen molar-refractivity contribution < 1.29 is 18.7 Å². The smallest absolute Gasteiger partial charge is 0.286 e. The second-order valence-electron chi connectivity index (χ2n) is 6.31. The van der Waals surface area contributed by atoms with Gasteiger partial charge in [-0.2, -0.15) is 0 Å². The molecule has 0 fully saturated rings. The van der Waals surface area contributed by atoms with E-state index in [1.54, 1.807) is 6.07 Å². The molecule has 0 saturated heterocycles. The van der Waals surface area contributed by atoms with Crippen molar-refractivity contribution in [3.05, 3.63) is 69.9 Å². The summed E-state index contributed by atoms with van der Waals surface area (Å²) < 4.78 is 18.6. The molecule has 2 N–H and O–H groups in total. The maximum atomic E-state index is 13.2. The summed E-state index contributed by atoms with van der Waals surface area (Å²) in [5.41, 5.74) is 1.33. The number of hydrogen-bond acceptors (Lipinski definition) is 7. The monoisotopic (exact) mass is 460 g/mol. The number of carbonyl (C=O) groups is 2. The van der Waals surface area contributed by atoms with Gasteiger partial charge in [-0.25, -0.2) is 4.39 Å². The third kappa shape index (κ3) is 7.34. The van der Waals surface area contributed by atoms with Crippen molar-refractivity contribution in [2.75, 3.05) is 17.7 Å². The maximum Gasteiger partial charge on any atom is 0.286 e. The molecule has 7 nitrogen and oxygen atoms in total. The number of nitrogens with zero attached hydrogens (tertiary/aromatic N) is 2. The highest BCUT2D eigenvalue weighted by Crippen LogP contribution is 2.18. The van der Waals surface area contributed by atoms with Crippen molar-refractivity contribution in [2.24, 2.45) is 0 Å². The van der Waals surface area contributed by atoms with Gasteiger partial charge in [0.15, 0.2) is 0 Å². The highest BCUT2D eigenvalue weighted by molar-refractivity contribution is 7.99. The largest absolute Gasteiger partial charge is 0.494 e. The number of carbonyl (C=O) groups excluding carboxylic acids is 2. The number of hydrogen-bond donors (Lipinski definition) is 2. The first-order valence-electron chi connectivity index (χ1n) is 9.49. The topological polar surface area (TPSA) is 93.2 Å². The molecule has 0 aliphatic heterocycles. The number of nitrogens with one attached hydrogen (secondary N) is 2. The predicted molar refractivity (Wildman–Crippen MR) is 120 cm³/mol. The van der Waals surface area contributed by atoms with E-state index < -0.39 is 11.7 Å². The van der Waals surface area contributed by atoms with E-state index in [4.69, 9.17) is 4.74 Å². The third-order valence-corrected chi connectivity index (χ3v) is 5.97. The van der Waals surface area contributed by atoms with Crippen LogP contribution in [0.1, 0.15) is 27.3 Å². The lowest BCUT2D eigenvalue weighted by Gasteiger charge is -2.06. The second-order valence-corrected chi connectivity index (χ2v) is 8.36. The molecule has 1 aromatic heterocycles. The summed E-state index contributed by atoms with van der Waals surface area (Å²) >= 11 is 2.52. The van der Waals surface area contributed by atoms with Crippen molar-refractivity contribution in [1.82, 2.24) is 15.5 Å². The molecule has 0 unspecified atom stereocenters. The van der Waals surface area contributed by atoms with Crippen LogP contribution in [0.3, 0.4) is 0 Å². The van der Waals surface area contributed by atoms with E-state index in [1.807, 2.05) is 31.2 Å². The average molecular weight is 461 g/mol. The van der Waals surface area contributed by atoms with Crippen LogP contribution in [0.5, 0.6) is 5.75 Å². The highest BCUT2D eigenvalue weighted by atomic mass is 32.2. The van der Waals surface area contributed by atoms with Crippen molar-refractivity contribution in [2.45, 2.75) is 19.2 Å². The summed E-state index contributed by atoms with van der Waals surface area (Å²) in [6.45, 7) is 2.98. The minimum absolute atomic E-state index is 0.0903. The fourth-order valence-corrected chi connectivity index (χ4v) is 4.15. The Morgan fingerprint density at radius 3 is 2.71 bits per heavy atom. The van der Waals surface area contributed by atoms with Crippen LogP contribution in [-0.4, -0.2) is 34.4 Å². The molecular formula is C21H21FN4O3S2. The number of amides is 2. The summed E-state index contributed by atoms with van der Waals surface area (Å²) in [7, 11) is 0. The molecule has 1 heterocycles. The van der Waals surface area contributed by atoms with Gasteiger partial charge in [-0.05, 0) is 42.8 Å². The van der Waals surface area contributed by atoms with Crippen molar-refractivity contribution in [3.63, 3.8) is 0 Å². The summed E-state index contributed by atoms with van der Waals surface area (Å²) in [6.07, 6.45) is 0. The lowest BCUT2D eigenvalue weighted by atomic mass is 10.2. The van der Waals surface area contributed by atoms with E-state index in [1.165, 1.54) is 30.0 Å². The van der Waals surface area contributed by atoms with Gasteiger partial charge in [0.2, 0.25) is 10.9 Å². The number of halogens is 1. The molecule has 0 saturated carbocycles. The standard InChI is InChI=1S/C21H21FN4O3S2/c1-2-29-17-8-6-14(7-9-17)11-23-18(27)12-30-13-19-25-26-21(31-19)20(28)24-16-5-3-4-15(22)10-16/h3-10H,2,11-13H2,1H3,(H,23,27)(H,24,28). The van der Waals surface area contributed by atoms with Crippen molar-refractivity contribution in [1.29, 1.82) is 0 Å². The van der Waals surface area contributed by atoms with E-state index in [0.29, 0.717) is 29.6 Å². The quantitative estimate of drug-likeness (QED) is 0.477. The summed E-state index contributed by atoms with van der Waals surface area (Å²) in [6, 6.07) is 13.2. The minimum atomic E-state index is -0.451. The van der Waals surface area contributed by atoms with Gasteiger partial charge >= 0.3 is 0 Å². The van der Waals surface area contributed by atoms with Crippen LogP contribution < -0.4 is 15.4 Å². The average Bonchev–Trinajstić information content (AvgIpc) is 3.23. The number of anilines is 1. The molecular weight excluding hydrogens is 439 g/mol. The molecule has 0 aliphatic carbocycles. The fraction of sp³-hybridized carbons (Fsp3) is 0.238. The molecule has 2 amide bonds. The molecule has 0 bridgehead atoms. The Hall–Kier alpha value is -2.98. The van der Waals surface area contributed by atoms with Gasteiger partial charge in [0.1, 0.15) is 16.6 Å². The van der Waals surface area contributed by atoms with Gasteiger partial charge in [0, 0.05) is 18.0 Å². The zero-order valence-corrected chi connectivity index (χ0v) is 18.4. The first-order valence-corrected chi connectivity index (χ1v) is 11.5. The first-order chi connectivity index (χ1) is 15.0. The van der Waals surface area contributed by atoms with E-state index in [2.05, 4.69) is 20.8 Å². The van der Waals surface area contributed by atoms with E-state index >= 15 is 0 Å². The van der Waals surface area contributed by atoms with Gasteiger partial charge in [0.05, 0.1) is 12.4 Å². The number of rotatable bonds is 10. The lowest BCUT2D eigenvalue weighted by molar-refractivity contribution is -0.118. The Kier molecular flexibility index (Phi) is 8.36. The molecule has 31 heavy (non-hydrogen) atoms. The van der Waals surface area contributed by atoms with Crippen LogP contribution in [0.25, 0.3) is 0 Å². The molecule has 2 aromatic carbocycles. The first kappa shape index (κ1) is 22.7. The van der Waals surface area contributed by atoms with Crippen LogP contribution in [0.15, 0.2) is 48.5 Å². The minimum Gasteiger partial charge on any atom is -0.494 e. The molecule has 162 valence electrons. The number of aromatic nitrogens is 2. The Morgan fingerprint density at radius 2 is 1.97 bits per heavy atom. The lowest BCUT2D eigenvalue weighted by Crippen LogP contribution is -2.24. The van der Waals surface area contributed by atoms with E-state index in [-0.39, 0.29) is 16.7 Å². The normalized spacial score (nSPS) is 10.5. The summed E-state index contributed by atoms with van der Waals surface area (Å²) in [5, 5.41) is 14.1. The van der Waals surface area contributed by atoms with Crippen LogP contribution in [0, 0.1) is 5.82 Å². The van der Waals surface area contributed by atoms with Crippen LogP contribution in [-0.2, 0) is 17.1 Å². The predicted octanol–water partition coefficient (Wildman–Crippen LogP) is 3.88. The second kappa shape index (κ2) is 11.4. The number of ether oxygens (including phenoxy) is 1. The van der Waals surface area contributed by atoms with Crippen LogP contribution in [0.2, 0.25) is 0 Å². The molecule has 10 heteroatoms. The van der Waals surface area contributed by atoms with E-state index in [9.17, 15) is 14.0 Å². The zero-order valence-electron chi connectivity index (χ0n) is 16.8. The molecule has 0 atom stereocenters. The SMILES string of the molecule is CCOc1ccc(CNC(=O)CSCc2nnc(C(=O)Nc3cccc(F)c3)s2)cc1. The zero-order chi connectivity index (χ0) is 22.1.